The van der Waals surface area contributed by atoms with Gasteiger partial charge >= 0.3 is 0 Å². The van der Waals surface area contributed by atoms with Gasteiger partial charge in [0.15, 0.2) is 0 Å². The molecule has 5 heteroatoms. The minimum atomic E-state index is 0. The van der Waals surface area contributed by atoms with Crippen LogP contribution in [-0.2, 0) is 0 Å². The van der Waals surface area contributed by atoms with E-state index in [1.165, 1.54) is 0 Å². The molecule has 0 unspecified atom stereocenters. The lowest BCUT2D eigenvalue weighted by Crippen LogP contribution is -0.290. The Morgan fingerprint density at radius 3 is 0.400 bits per heavy atom. The number of rotatable bonds is 0. The van der Waals surface area contributed by atoms with Crippen LogP contribution in [0.4, 0.5) is 0 Å². The fourth-order valence-electron chi connectivity index (χ4n) is 0. The van der Waals surface area contributed by atoms with Crippen molar-refractivity contribution in [2.24, 2.45) is 0 Å². The van der Waals surface area contributed by atoms with Crippen molar-refractivity contribution in [3.8, 4) is 0 Å². The van der Waals surface area contributed by atoms with Crippen LogP contribution in [0.3, 0.4) is 0 Å². The normalized spacial score (nSPS) is 0. The molecule has 0 spiro atoms. The molecule has 0 aromatic rings. The zero-order valence-electron chi connectivity index (χ0n) is 2.50. The van der Waals surface area contributed by atoms with Gasteiger partial charge in [0.05, 0.1) is 0 Å². The fourth-order valence-corrected chi connectivity index (χ4v) is 0. The van der Waals surface area contributed by atoms with Crippen molar-refractivity contribution in [2.45, 2.75) is 0 Å². The molecule has 5 heavy (non-hydrogen) atoms. The zero-order valence-corrected chi connectivity index (χ0v) is 3.50. The second-order valence-electron chi connectivity index (χ2n) is 0. The Hall–Kier alpha value is 0.190. The van der Waals surface area contributed by atoms with Crippen molar-refractivity contribution in [1.29, 1.82) is 0 Å². The summed E-state index contributed by atoms with van der Waals surface area (Å²) in [6, 6.07) is 0. The molecule has 0 aromatic heterocycles. The molecule has 4 nitrogen and oxygen atoms in total. The highest BCUT2D eigenvalue weighted by Crippen LogP contribution is 0.648. The molecule has 0 heterocycles. The highest BCUT2D eigenvalue weighted by atomic mass is 32.1. The Morgan fingerprint density at radius 2 is 0.400 bits per heavy atom. The summed E-state index contributed by atoms with van der Waals surface area (Å²) in [5.41, 5.74) is 0. The van der Waals surface area contributed by atoms with Gasteiger partial charge in [-0.05, 0) is 0 Å². The van der Waals surface area contributed by atoms with Gasteiger partial charge in [-0.2, -0.15) is 13.5 Å². The van der Waals surface area contributed by atoms with Crippen LogP contribution in [0.1, 0.15) is 0 Å². The molecule has 0 saturated carbocycles. The van der Waals surface area contributed by atoms with Crippen molar-refractivity contribution in [3.63, 3.8) is 0 Å². The van der Waals surface area contributed by atoms with Crippen molar-refractivity contribution < 1.29 is 21.9 Å². The third-order valence-corrected chi connectivity index (χ3v) is 0. The lowest BCUT2D eigenvalue weighted by Gasteiger charge is -0.413. The monoisotopic (exact) mass is 106 g/mol. The van der Waals surface area contributed by atoms with Crippen molar-refractivity contribution in [2.75, 3.05) is 0 Å². The van der Waals surface area contributed by atoms with E-state index in [9.17, 15) is 0 Å². The molecular formula is H10O4S. The molecule has 0 fully saturated rings. The van der Waals surface area contributed by atoms with E-state index in [-0.39, 0.29) is 35.4 Å². The Labute approximate surface area is 36.5 Å². The Bertz CT molecular complexity index is 3.61. The maximum absolute atomic E-state index is 0. The molecule has 0 aliphatic rings. The van der Waals surface area contributed by atoms with E-state index in [0.29, 0.717) is 0 Å². The molecule has 0 rings (SSSR count). The Kier molecular flexibility index (Phi) is 596000. The Balaban J connectivity index is 0. The van der Waals surface area contributed by atoms with Crippen LogP contribution in [0, 0.1) is 0 Å². The van der Waals surface area contributed by atoms with E-state index in [4.69, 9.17) is 0 Å². The zero-order chi connectivity index (χ0) is 0. The molecule has 0 radical (unpaired) electrons. The molecule has 0 saturated heterocycles. The van der Waals surface area contributed by atoms with Crippen LogP contribution in [0.15, 0.2) is 0 Å². The average molecular weight is 106 g/mol. The second kappa shape index (κ2) is 1180. The summed E-state index contributed by atoms with van der Waals surface area (Å²) in [6.45, 7) is 0. The summed E-state index contributed by atoms with van der Waals surface area (Å²) in [7, 11) is 0. The predicted octanol–water partition coefficient (Wildman–Crippen LogP) is -3.19. The largest absolute Gasteiger partial charge is 0.412 e. The summed E-state index contributed by atoms with van der Waals surface area (Å²) >= 11 is 0. The van der Waals surface area contributed by atoms with Crippen molar-refractivity contribution in [1.82, 2.24) is 0 Å². The van der Waals surface area contributed by atoms with Gasteiger partial charge < -0.3 is 21.9 Å². The van der Waals surface area contributed by atoms with E-state index in [1.807, 2.05) is 0 Å². The van der Waals surface area contributed by atoms with Gasteiger partial charge in [-0.25, -0.2) is 0 Å². The van der Waals surface area contributed by atoms with Crippen LogP contribution in [0.5, 0.6) is 0 Å². The van der Waals surface area contributed by atoms with Crippen molar-refractivity contribution in [3.05, 3.63) is 0 Å². The van der Waals surface area contributed by atoms with Crippen molar-refractivity contribution >= 4 is 13.5 Å². The van der Waals surface area contributed by atoms with E-state index in [0.717, 1.165) is 0 Å². The molecule has 0 aliphatic carbocycles. The van der Waals surface area contributed by atoms with Crippen LogP contribution in [0.25, 0.3) is 0 Å². The van der Waals surface area contributed by atoms with Gasteiger partial charge in [-0.1, -0.05) is 0 Å². The predicted molar refractivity (Wildman–Crippen MR) is 24.8 cm³/mol. The highest BCUT2D eigenvalue weighted by Gasteiger charge is -0.197. The molecule has 0 aliphatic heterocycles. The third-order valence-electron chi connectivity index (χ3n) is 0. The first-order valence-corrected chi connectivity index (χ1v) is 0. The maximum atomic E-state index is 0. The lowest BCUT2D eigenvalue weighted by molar-refractivity contribution is 0.823. The van der Waals surface area contributed by atoms with Crippen LogP contribution < -0.4 is 0 Å². The van der Waals surface area contributed by atoms with Gasteiger partial charge in [0.1, 0.15) is 0 Å². The fraction of sp³-hybridized carbons (Fsp3) is 0. The van der Waals surface area contributed by atoms with E-state index in [1.54, 1.807) is 0 Å². The molecular weight excluding hydrogens is 96.1 g/mol. The molecule has 0 aromatic carbocycles. The minimum Gasteiger partial charge on any atom is -0.412 e. The first kappa shape index (κ1) is 2520. The number of hydrogen-bond acceptors (Lipinski definition) is 0. The van der Waals surface area contributed by atoms with Crippen LogP contribution in [0.2, 0.25) is 0 Å². The van der Waals surface area contributed by atoms with E-state index in [2.05, 4.69) is 0 Å². The standard InChI is InChI=1S/4H2O.H2S/h5*1H2. The van der Waals surface area contributed by atoms with Gasteiger partial charge in [0.2, 0.25) is 0 Å². The van der Waals surface area contributed by atoms with Crippen LogP contribution in [-0.4, -0.2) is 21.9 Å². The molecule has 0 amide bonds. The summed E-state index contributed by atoms with van der Waals surface area (Å²) in [5.74, 6) is 0. The maximum Gasteiger partial charge on any atom is -0.197 e. The van der Waals surface area contributed by atoms with Gasteiger partial charge in [0.25, 0.3) is 0 Å². The highest BCUT2D eigenvalue weighted by molar-refractivity contribution is 7.59. The third kappa shape index (κ3) is 557. The smallest absolute Gasteiger partial charge is 0.197 e. The first-order valence-electron chi connectivity index (χ1n) is 0. The van der Waals surface area contributed by atoms with Gasteiger partial charge in [-0.3, -0.25) is 0 Å². The van der Waals surface area contributed by atoms with Crippen LogP contribution >= 0.6 is 13.5 Å². The first-order chi connectivity index (χ1) is 0. The molecule has 40 valence electrons. The second-order valence-corrected chi connectivity index (χ2v) is 0. The van der Waals surface area contributed by atoms with E-state index >= 15 is 0 Å². The minimum absolute atomic E-state index is 0. The summed E-state index contributed by atoms with van der Waals surface area (Å²) in [6.07, 6.45) is 0. The van der Waals surface area contributed by atoms with E-state index < -0.39 is 0 Å². The quantitative estimate of drug-likeness (QED) is 0.308. The topological polar surface area (TPSA) is 126 Å². The molecule has 0 atom stereocenters. The molecule has 8 N–H and O–H groups in total. The van der Waals surface area contributed by atoms with Gasteiger partial charge in [-0.15, -0.1) is 0 Å². The summed E-state index contributed by atoms with van der Waals surface area (Å²) in [4.78, 5) is 0. The summed E-state index contributed by atoms with van der Waals surface area (Å²) in [5, 5.41) is 0. The number of hydrogen-bond donors (Lipinski definition) is 0. The lowest BCUT2D eigenvalue weighted by atomic mass is 16.0. The SMILES string of the molecule is O.O.O.O.S. The Morgan fingerprint density at radius 1 is 0.400 bits per heavy atom. The van der Waals surface area contributed by atoms with Gasteiger partial charge in [0, 0.05) is 0 Å². The summed E-state index contributed by atoms with van der Waals surface area (Å²) < 4.78 is 0. The average Bonchev–Trinajstić information content (AvgIpc) is 0. The molecule has 0 bridgehead atoms.